The third-order valence-electron chi connectivity index (χ3n) is 4.82. The molecule has 3 rings (SSSR count). The number of aromatic nitrogens is 1. The van der Waals surface area contributed by atoms with Crippen LogP contribution in [0.5, 0.6) is 5.75 Å². The number of thiazole rings is 1. The molecule has 1 aliphatic rings. The van der Waals surface area contributed by atoms with E-state index in [2.05, 4.69) is 33.8 Å². The van der Waals surface area contributed by atoms with Gasteiger partial charge in [-0.3, -0.25) is 9.80 Å². The Morgan fingerprint density at radius 3 is 2.69 bits per heavy atom. The fourth-order valence-corrected chi connectivity index (χ4v) is 4.36. The standard InChI is InChI=1S/C20H29N3O2S/c1-3-25-19-6-4-17(5-7-19)13-23-10-9-22(14-18(23)8-11-24)15-20-12-21-16(2)26-20/h4-7,12,18,24H,3,8-11,13-15H2,1-2H3/t18-/m1/s1. The minimum absolute atomic E-state index is 0.234. The minimum Gasteiger partial charge on any atom is -0.494 e. The van der Waals surface area contributed by atoms with Crippen LogP contribution in [-0.4, -0.2) is 58.8 Å². The van der Waals surface area contributed by atoms with Crippen LogP contribution in [-0.2, 0) is 13.1 Å². The van der Waals surface area contributed by atoms with Crippen LogP contribution in [0.15, 0.2) is 30.5 Å². The van der Waals surface area contributed by atoms with Gasteiger partial charge in [0.15, 0.2) is 0 Å². The fraction of sp³-hybridized carbons (Fsp3) is 0.550. The zero-order chi connectivity index (χ0) is 18.4. The van der Waals surface area contributed by atoms with Crippen molar-refractivity contribution in [3.63, 3.8) is 0 Å². The van der Waals surface area contributed by atoms with Crippen LogP contribution in [0.2, 0.25) is 0 Å². The summed E-state index contributed by atoms with van der Waals surface area (Å²) in [5.41, 5.74) is 1.29. The van der Waals surface area contributed by atoms with Crippen molar-refractivity contribution in [1.29, 1.82) is 0 Å². The normalized spacial score (nSPS) is 19.0. The first-order valence-electron chi connectivity index (χ1n) is 9.38. The molecule has 1 saturated heterocycles. The number of aliphatic hydroxyl groups excluding tert-OH is 1. The van der Waals surface area contributed by atoms with Gasteiger partial charge in [-0.1, -0.05) is 12.1 Å². The molecule has 0 unspecified atom stereocenters. The third-order valence-corrected chi connectivity index (χ3v) is 5.72. The van der Waals surface area contributed by atoms with E-state index in [9.17, 15) is 5.11 Å². The smallest absolute Gasteiger partial charge is 0.119 e. The molecule has 0 aliphatic carbocycles. The van der Waals surface area contributed by atoms with Crippen LogP contribution in [0.1, 0.15) is 28.8 Å². The topological polar surface area (TPSA) is 48.8 Å². The van der Waals surface area contributed by atoms with Gasteiger partial charge in [0, 0.05) is 56.4 Å². The number of aryl methyl sites for hydroxylation is 1. The molecule has 1 N–H and O–H groups in total. The summed E-state index contributed by atoms with van der Waals surface area (Å²) in [4.78, 5) is 10.7. The van der Waals surface area contributed by atoms with Gasteiger partial charge in [-0.05, 0) is 38.0 Å². The van der Waals surface area contributed by atoms with Crippen molar-refractivity contribution >= 4 is 11.3 Å². The molecule has 5 nitrogen and oxygen atoms in total. The summed E-state index contributed by atoms with van der Waals surface area (Å²) in [6, 6.07) is 8.76. The quantitative estimate of drug-likeness (QED) is 0.769. The highest BCUT2D eigenvalue weighted by molar-refractivity contribution is 7.11. The molecule has 0 amide bonds. The molecule has 6 heteroatoms. The lowest BCUT2D eigenvalue weighted by Gasteiger charge is -2.41. The second-order valence-electron chi connectivity index (χ2n) is 6.79. The molecule has 1 fully saturated rings. The van der Waals surface area contributed by atoms with Crippen molar-refractivity contribution in [2.75, 3.05) is 32.8 Å². The van der Waals surface area contributed by atoms with Gasteiger partial charge in [0.25, 0.3) is 0 Å². The van der Waals surface area contributed by atoms with Gasteiger partial charge in [0.1, 0.15) is 5.75 Å². The largest absolute Gasteiger partial charge is 0.494 e. The molecule has 2 heterocycles. The highest BCUT2D eigenvalue weighted by atomic mass is 32.1. The van der Waals surface area contributed by atoms with Crippen molar-refractivity contribution in [2.24, 2.45) is 0 Å². The molecule has 0 bridgehead atoms. The molecule has 142 valence electrons. The van der Waals surface area contributed by atoms with Crippen LogP contribution >= 0.6 is 11.3 Å². The van der Waals surface area contributed by atoms with Gasteiger partial charge in [-0.2, -0.15) is 0 Å². The third kappa shape index (κ3) is 5.27. The number of hydrogen-bond donors (Lipinski definition) is 1. The molecule has 1 aliphatic heterocycles. The zero-order valence-electron chi connectivity index (χ0n) is 15.7. The fourth-order valence-electron chi connectivity index (χ4n) is 3.52. The van der Waals surface area contributed by atoms with Crippen molar-refractivity contribution < 1.29 is 9.84 Å². The Bertz CT molecular complexity index is 674. The van der Waals surface area contributed by atoms with E-state index < -0.39 is 0 Å². The summed E-state index contributed by atoms with van der Waals surface area (Å²) in [5, 5.41) is 10.6. The summed E-state index contributed by atoms with van der Waals surface area (Å²) >= 11 is 1.78. The number of ether oxygens (including phenoxy) is 1. The van der Waals surface area contributed by atoms with Crippen molar-refractivity contribution in [3.05, 3.63) is 45.9 Å². The van der Waals surface area contributed by atoms with Gasteiger partial charge in [-0.15, -0.1) is 11.3 Å². The van der Waals surface area contributed by atoms with Crippen molar-refractivity contribution in [2.45, 2.75) is 39.4 Å². The predicted molar refractivity (Wildman–Crippen MR) is 106 cm³/mol. The first kappa shape index (κ1) is 19.3. The predicted octanol–water partition coefficient (Wildman–Crippen LogP) is 2.92. The average Bonchev–Trinajstić information content (AvgIpc) is 3.04. The number of benzene rings is 1. The Labute approximate surface area is 160 Å². The molecule has 1 atom stereocenters. The van der Waals surface area contributed by atoms with E-state index in [0.29, 0.717) is 12.6 Å². The van der Waals surface area contributed by atoms with Crippen LogP contribution < -0.4 is 4.74 Å². The highest BCUT2D eigenvalue weighted by Gasteiger charge is 2.26. The first-order chi connectivity index (χ1) is 12.7. The number of nitrogens with zero attached hydrogens (tertiary/aromatic N) is 3. The number of piperazine rings is 1. The Morgan fingerprint density at radius 2 is 2.04 bits per heavy atom. The molecular weight excluding hydrogens is 346 g/mol. The Morgan fingerprint density at radius 1 is 1.23 bits per heavy atom. The number of aliphatic hydroxyl groups is 1. The highest BCUT2D eigenvalue weighted by Crippen LogP contribution is 2.21. The van der Waals surface area contributed by atoms with Gasteiger partial charge < -0.3 is 9.84 Å². The Kier molecular flexibility index (Phi) is 7.02. The zero-order valence-corrected chi connectivity index (χ0v) is 16.5. The molecule has 1 aromatic heterocycles. The summed E-state index contributed by atoms with van der Waals surface area (Å²) in [6.45, 7) is 9.93. The Balaban J connectivity index is 1.59. The summed E-state index contributed by atoms with van der Waals surface area (Å²) < 4.78 is 5.53. The SMILES string of the molecule is CCOc1ccc(CN2CCN(Cc3cnc(C)s3)C[C@H]2CCO)cc1. The first-order valence-corrected chi connectivity index (χ1v) is 10.2. The van der Waals surface area contributed by atoms with Crippen LogP contribution in [0.3, 0.4) is 0 Å². The molecule has 0 saturated carbocycles. The second kappa shape index (κ2) is 9.46. The lowest BCUT2D eigenvalue weighted by molar-refractivity contribution is 0.0504. The van der Waals surface area contributed by atoms with Crippen molar-refractivity contribution in [1.82, 2.24) is 14.8 Å². The summed E-state index contributed by atoms with van der Waals surface area (Å²) in [6.07, 6.45) is 2.81. The van der Waals surface area contributed by atoms with E-state index in [0.717, 1.165) is 49.9 Å². The molecule has 0 spiro atoms. The van der Waals surface area contributed by atoms with E-state index in [-0.39, 0.29) is 6.61 Å². The maximum absolute atomic E-state index is 9.51. The summed E-state index contributed by atoms with van der Waals surface area (Å²) in [7, 11) is 0. The van der Waals surface area contributed by atoms with E-state index in [1.165, 1.54) is 10.4 Å². The van der Waals surface area contributed by atoms with Gasteiger partial charge >= 0.3 is 0 Å². The molecule has 2 aromatic rings. The maximum Gasteiger partial charge on any atom is 0.119 e. The van der Waals surface area contributed by atoms with Crippen LogP contribution in [0, 0.1) is 6.92 Å². The van der Waals surface area contributed by atoms with E-state index in [4.69, 9.17) is 4.74 Å². The second-order valence-corrected chi connectivity index (χ2v) is 8.11. The maximum atomic E-state index is 9.51. The molecular formula is C20H29N3O2S. The molecule has 1 aromatic carbocycles. The lowest BCUT2D eigenvalue weighted by atomic mass is 10.1. The summed E-state index contributed by atoms with van der Waals surface area (Å²) in [5.74, 6) is 0.924. The van der Waals surface area contributed by atoms with Crippen molar-refractivity contribution in [3.8, 4) is 5.75 Å². The van der Waals surface area contributed by atoms with Gasteiger partial charge in [-0.25, -0.2) is 4.98 Å². The number of rotatable bonds is 8. The van der Waals surface area contributed by atoms with Gasteiger partial charge in [0.05, 0.1) is 11.6 Å². The van der Waals surface area contributed by atoms with Crippen LogP contribution in [0.4, 0.5) is 0 Å². The lowest BCUT2D eigenvalue weighted by Crippen LogP contribution is -2.52. The Hall–Kier alpha value is -1.47. The van der Waals surface area contributed by atoms with E-state index in [1.807, 2.05) is 25.3 Å². The monoisotopic (exact) mass is 375 g/mol. The van der Waals surface area contributed by atoms with Gasteiger partial charge in [0.2, 0.25) is 0 Å². The van der Waals surface area contributed by atoms with E-state index >= 15 is 0 Å². The molecule has 0 radical (unpaired) electrons. The minimum atomic E-state index is 0.234. The molecule has 26 heavy (non-hydrogen) atoms. The van der Waals surface area contributed by atoms with E-state index in [1.54, 1.807) is 11.3 Å². The number of hydrogen-bond acceptors (Lipinski definition) is 6. The average molecular weight is 376 g/mol. The van der Waals surface area contributed by atoms with Crippen LogP contribution in [0.25, 0.3) is 0 Å².